The molecule has 1 atom stereocenters. The fourth-order valence-electron chi connectivity index (χ4n) is 2.90. The van der Waals surface area contributed by atoms with E-state index in [1.807, 2.05) is 13.1 Å². The van der Waals surface area contributed by atoms with E-state index in [1.165, 1.54) is 17.4 Å². The van der Waals surface area contributed by atoms with Crippen molar-refractivity contribution >= 4 is 11.5 Å². The van der Waals surface area contributed by atoms with E-state index in [2.05, 4.69) is 40.3 Å². The monoisotopic (exact) mass is 271 g/mol. The summed E-state index contributed by atoms with van der Waals surface area (Å²) in [5, 5.41) is 3.08. The summed E-state index contributed by atoms with van der Waals surface area (Å²) in [4.78, 5) is 6.55. The second-order valence-electron chi connectivity index (χ2n) is 5.22. The van der Waals surface area contributed by atoms with Gasteiger partial charge in [0.15, 0.2) is 0 Å². The number of aromatic nitrogens is 1. The lowest BCUT2D eigenvalue weighted by Crippen LogP contribution is -2.27. The van der Waals surface area contributed by atoms with E-state index in [-0.39, 0.29) is 5.82 Å². The van der Waals surface area contributed by atoms with Gasteiger partial charge >= 0.3 is 0 Å². The van der Waals surface area contributed by atoms with E-state index in [0.29, 0.717) is 12.6 Å². The first-order chi connectivity index (χ1) is 9.70. The Hall–Kier alpha value is -1.94. The molecule has 1 aliphatic rings. The average Bonchev–Trinajstić information content (AvgIpc) is 2.76. The zero-order chi connectivity index (χ0) is 14.1. The summed E-state index contributed by atoms with van der Waals surface area (Å²) in [6.07, 6.45) is 2.29. The predicted molar refractivity (Wildman–Crippen MR) is 78.7 cm³/mol. The van der Waals surface area contributed by atoms with Crippen LogP contribution in [0.5, 0.6) is 0 Å². The van der Waals surface area contributed by atoms with E-state index in [9.17, 15) is 4.39 Å². The van der Waals surface area contributed by atoms with Gasteiger partial charge in [0, 0.05) is 23.8 Å². The molecule has 0 aliphatic carbocycles. The maximum absolute atomic E-state index is 13.4. The number of halogens is 1. The zero-order valence-electron chi connectivity index (χ0n) is 11.7. The van der Waals surface area contributed by atoms with Crippen LogP contribution in [-0.4, -0.2) is 18.1 Å². The number of anilines is 2. The van der Waals surface area contributed by atoms with E-state index < -0.39 is 0 Å². The van der Waals surface area contributed by atoms with Gasteiger partial charge in [0.2, 0.25) is 0 Å². The van der Waals surface area contributed by atoms with Gasteiger partial charge in [-0.2, -0.15) is 0 Å². The Bertz CT molecular complexity index is 627. The van der Waals surface area contributed by atoms with Crippen molar-refractivity contribution in [3.05, 3.63) is 53.5 Å². The van der Waals surface area contributed by atoms with Crippen LogP contribution in [0.25, 0.3) is 0 Å². The maximum Gasteiger partial charge on any atom is 0.141 e. The smallest absolute Gasteiger partial charge is 0.141 e. The molecule has 1 aromatic heterocycles. The molecule has 0 bridgehead atoms. The van der Waals surface area contributed by atoms with Crippen LogP contribution in [0.15, 0.2) is 36.5 Å². The predicted octanol–water partition coefficient (Wildman–Crippen LogP) is 3.02. The minimum absolute atomic E-state index is 0.292. The summed E-state index contributed by atoms with van der Waals surface area (Å²) in [5.74, 6) is 0.553. The lowest BCUT2D eigenvalue weighted by Gasteiger charge is -2.26. The minimum Gasteiger partial charge on any atom is -0.323 e. The molecule has 0 fully saturated rings. The van der Waals surface area contributed by atoms with E-state index in [1.54, 1.807) is 6.07 Å². The van der Waals surface area contributed by atoms with Gasteiger partial charge in [0.05, 0.1) is 6.20 Å². The molecule has 0 amide bonds. The molecule has 1 unspecified atom stereocenters. The summed E-state index contributed by atoms with van der Waals surface area (Å²) in [5.41, 5.74) is 3.38. The van der Waals surface area contributed by atoms with Crippen LogP contribution < -0.4 is 10.2 Å². The number of benzene rings is 1. The van der Waals surface area contributed by atoms with Gasteiger partial charge in [-0.3, -0.25) is 0 Å². The second kappa shape index (κ2) is 5.21. The van der Waals surface area contributed by atoms with Crippen molar-refractivity contribution < 1.29 is 4.39 Å². The number of hydrogen-bond acceptors (Lipinski definition) is 3. The summed E-state index contributed by atoms with van der Waals surface area (Å²) < 4.78 is 13.4. The highest BCUT2D eigenvalue weighted by Crippen LogP contribution is 2.38. The molecule has 2 aromatic rings. The number of nitrogens with zero attached hydrogens (tertiary/aromatic N) is 2. The average molecular weight is 271 g/mol. The Morgan fingerprint density at radius 2 is 2.20 bits per heavy atom. The normalized spacial score (nSPS) is 17.4. The number of fused-ring (bicyclic) bond motifs is 1. The Labute approximate surface area is 118 Å². The van der Waals surface area contributed by atoms with Gasteiger partial charge in [0.1, 0.15) is 11.6 Å². The lowest BCUT2D eigenvalue weighted by atomic mass is 10.1. The highest BCUT2D eigenvalue weighted by molar-refractivity contribution is 5.70. The third-order valence-corrected chi connectivity index (χ3v) is 3.71. The van der Waals surface area contributed by atoms with Crippen LogP contribution in [0.4, 0.5) is 15.9 Å². The van der Waals surface area contributed by atoms with E-state index in [0.717, 1.165) is 17.8 Å². The highest BCUT2D eigenvalue weighted by atomic mass is 19.1. The Morgan fingerprint density at radius 1 is 1.40 bits per heavy atom. The molecule has 4 heteroatoms. The summed E-state index contributed by atoms with van der Waals surface area (Å²) in [7, 11) is 1.86. The molecule has 1 aliphatic heterocycles. The fourth-order valence-corrected chi connectivity index (χ4v) is 2.90. The molecule has 20 heavy (non-hydrogen) atoms. The fraction of sp³-hybridized carbons (Fsp3) is 0.312. The first-order valence-corrected chi connectivity index (χ1v) is 6.87. The van der Waals surface area contributed by atoms with Crippen LogP contribution in [0.2, 0.25) is 0 Å². The number of nitrogens with one attached hydrogen (secondary N) is 1. The molecule has 0 radical (unpaired) electrons. The molecule has 1 N–H and O–H groups in total. The molecule has 0 saturated carbocycles. The first kappa shape index (κ1) is 13.1. The van der Waals surface area contributed by atoms with Crippen LogP contribution in [-0.2, 0) is 13.0 Å². The standard InChI is InChI=1S/C16H18FN3/c1-11-7-12-5-3-4-6-15(12)20(11)16-13(9-18-2)8-14(17)10-19-16/h3-6,8,10-11,18H,7,9H2,1-2H3. The van der Waals surface area contributed by atoms with Crippen molar-refractivity contribution in [1.29, 1.82) is 0 Å². The van der Waals surface area contributed by atoms with Crippen LogP contribution in [0, 0.1) is 5.82 Å². The van der Waals surface area contributed by atoms with Crippen molar-refractivity contribution in [2.24, 2.45) is 0 Å². The van der Waals surface area contributed by atoms with Gasteiger partial charge in [0.25, 0.3) is 0 Å². The van der Waals surface area contributed by atoms with E-state index in [4.69, 9.17) is 0 Å². The topological polar surface area (TPSA) is 28.2 Å². The molecule has 0 saturated heterocycles. The van der Waals surface area contributed by atoms with Crippen LogP contribution in [0.3, 0.4) is 0 Å². The largest absolute Gasteiger partial charge is 0.323 e. The number of pyridine rings is 1. The molecule has 104 valence electrons. The van der Waals surface area contributed by atoms with Crippen LogP contribution in [0.1, 0.15) is 18.1 Å². The highest BCUT2D eigenvalue weighted by Gasteiger charge is 2.29. The summed E-state index contributed by atoms with van der Waals surface area (Å²) in [6.45, 7) is 2.78. The summed E-state index contributed by atoms with van der Waals surface area (Å²) in [6, 6.07) is 10.2. The van der Waals surface area contributed by atoms with Crippen molar-refractivity contribution in [2.75, 3.05) is 11.9 Å². The molecule has 3 nitrogen and oxygen atoms in total. The van der Waals surface area contributed by atoms with Crippen molar-refractivity contribution in [2.45, 2.75) is 25.9 Å². The molecule has 1 aromatic carbocycles. The van der Waals surface area contributed by atoms with Gasteiger partial charge in [-0.1, -0.05) is 18.2 Å². The van der Waals surface area contributed by atoms with Gasteiger partial charge in [-0.25, -0.2) is 9.37 Å². The molecule has 0 spiro atoms. The van der Waals surface area contributed by atoms with Crippen molar-refractivity contribution in [1.82, 2.24) is 10.3 Å². The van der Waals surface area contributed by atoms with Gasteiger partial charge in [-0.05, 0) is 38.1 Å². The van der Waals surface area contributed by atoms with E-state index >= 15 is 0 Å². The minimum atomic E-state index is -0.292. The quantitative estimate of drug-likeness (QED) is 0.930. The number of para-hydroxylation sites is 1. The summed E-state index contributed by atoms with van der Waals surface area (Å²) >= 11 is 0. The zero-order valence-corrected chi connectivity index (χ0v) is 11.7. The second-order valence-corrected chi connectivity index (χ2v) is 5.22. The maximum atomic E-state index is 13.4. The molecular weight excluding hydrogens is 253 g/mol. The first-order valence-electron chi connectivity index (χ1n) is 6.87. The molecular formula is C16H18FN3. The Balaban J connectivity index is 2.09. The van der Waals surface area contributed by atoms with Crippen molar-refractivity contribution in [3.8, 4) is 0 Å². The van der Waals surface area contributed by atoms with Gasteiger partial charge in [-0.15, -0.1) is 0 Å². The lowest BCUT2D eigenvalue weighted by molar-refractivity contribution is 0.614. The third-order valence-electron chi connectivity index (χ3n) is 3.71. The SMILES string of the molecule is CNCc1cc(F)cnc1N1c2ccccc2CC1C. The molecule has 2 heterocycles. The number of hydrogen-bond donors (Lipinski definition) is 1. The number of rotatable bonds is 3. The Kier molecular flexibility index (Phi) is 3.40. The van der Waals surface area contributed by atoms with Crippen LogP contribution >= 0.6 is 0 Å². The molecule has 3 rings (SSSR count). The van der Waals surface area contributed by atoms with Gasteiger partial charge < -0.3 is 10.2 Å². The third kappa shape index (κ3) is 2.16. The van der Waals surface area contributed by atoms with Crippen molar-refractivity contribution in [3.63, 3.8) is 0 Å². The Morgan fingerprint density at radius 3 is 3.00 bits per heavy atom.